The number of amides is 1. The molecule has 1 fully saturated rings. The van der Waals surface area contributed by atoms with Gasteiger partial charge in [-0.15, -0.1) is 0 Å². The third-order valence-electron chi connectivity index (χ3n) is 6.25. The lowest BCUT2D eigenvalue weighted by Crippen LogP contribution is -2.48. The third-order valence-corrected chi connectivity index (χ3v) is 8.03. The molecule has 9 heteroatoms. The minimum absolute atomic E-state index is 0.0730. The Labute approximate surface area is 218 Å². The average molecular weight is 526 g/mol. The lowest BCUT2D eigenvalue weighted by molar-refractivity contribution is -0.113. The standard InChI is InChI=1S/C26H24ClN3O3S2/c27-19-4-8-21(9-5-19)33-22-10-6-20(7-11-22)28-24(31)16-35-26(34)29-13-17-12-18(15-29)23-2-1-3-25(32)30(23)14-17/h1-11,17-18H,12-16H2,(H,28,31)/t17-,18-/m1/s1. The van der Waals surface area contributed by atoms with Crippen LogP contribution in [-0.2, 0) is 11.3 Å². The quantitative estimate of drug-likeness (QED) is 0.452. The number of benzene rings is 2. The van der Waals surface area contributed by atoms with Gasteiger partial charge < -0.3 is 19.5 Å². The van der Waals surface area contributed by atoms with Gasteiger partial charge in [-0.05, 0) is 66.9 Å². The van der Waals surface area contributed by atoms with Gasteiger partial charge >= 0.3 is 0 Å². The fraction of sp³-hybridized carbons (Fsp3) is 0.269. The number of aromatic nitrogens is 1. The Hall–Kier alpha value is -2.81. The number of nitrogens with zero attached hydrogens (tertiary/aromatic N) is 2. The van der Waals surface area contributed by atoms with Gasteiger partial charge in [-0.3, -0.25) is 9.59 Å². The summed E-state index contributed by atoms with van der Waals surface area (Å²) in [5.74, 6) is 2.16. The minimum Gasteiger partial charge on any atom is -0.457 e. The highest BCUT2D eigenvalue weighted by atomic mass is 35.5. The summed E-state index contributed by atoms with van der Waals surface area (Å²) in [6.45, 7) is 2.33. The van der Waals surface area contributed by atoms with Gasteiger partial charge in [-0.25, -0.2) is 0 Å². The van der Waals surface area contributed by atoms with Crippen LogP contribution in [0.4, 0.5) is 5.69 Å². The lowest BCUT2D eigenvalue weighted by Gasteiger charge is -2.43. The summed E-state index contributed by atoms with van der Waals surface area (Å²) in [7, 11) is 0. The van der Waals surface area contributed by atoms with Crippen molar-refractivity contribution in [3.63, 3.8) is 0 Å². The van der Waals surface area contributed by atoms with Gasteiger partial charge in [0.15, 0.2) is 0 Å². The summed E-state index contributed by atoms with van der Waals surface area (Å²) in [5, 5.41) is 3.56. The van der Waals surface area contributed by atoms with Crippen LogP contribution in [0.25, 0.3) is 0 Å². The van der Waals surface area contributed by atoms with Gasteiger partial charge in [0.25, 0.3) is 5.56 Å². The first-order valence-corrected chi connectivity index (χ1v) is 13.2. The van der Waals surface area contributed by atoms with Crippen molar-refractivity contribution in [3.8, 4) is 11.5 Å². The number of halogens is 1. The molecule has 0 saturated carbocycles. The van der Waals surface area contributed by atoms with Crippen LogP contribution in [0.2, 0.25) is 5.02 Å². The van der Waals surface area contributed by atoms with Gasteiger partial charge in [-0.2, -0.15) is 0 Å². The summed E-state index contributed by atoms with van der Waals surface area (Å²) in [6, 6.07) is 19.8. The first-order valence-electron chi connectivity index (χ1n) is 11.4. The van der Waals surface area contributed by atoms with Gasteiger partial charge in [0.2, 0.25) is 5.91 Å². The second-order valence-electron chi connectivity index (χ2n) is 8.79. The molecule has 0 radical (unpaired) electrons. The van der Waals surface area contributed by atoms with E-state index < -0.39 is 0 Å². The summed E-state index contributed by atoms with van der Waals surface area (Å²) in [5.41, 5.74) is 1.86. The van der Waals surface area contributed by atoms with Crippen LogP contribution in [0.3, 0.4) is 0 Å². The van der Waals surface area contributed by atoms with Crippen molar-refractivity contribution in [1.29, 1.82) is 0 Å². The second-order valence-corrected chi connectivity index (χ2v) is 10.8. The summed E-state index contributed by atoms with van der Waals surface area (Å²) in [6.07, 6.45) is 1.07. The molecule has 0 aliphatic carbocycles. The maximum atomic E-state index is 12.5. The predicted molar refractivity (Wildman–Crippen MR) is 145 cm³/mol. The van der Waals surface area contributed by atoms with Crippen molar-refractivity contribution in [2.45, 2.75) is 18.9 Å². The molecule has 35 heavy (non-hydrogen) atoms. The Morgan fingerprint density at radius 1 is 1.03 bits per heavy atom. The van der Waals surface area contributed by atoms with E-state index >= 15 is 0 Å². The number of hydrogen-bond acceptors (Lipinski definition) is 5. The number of carbonyl (C=O) groups is 1. The number of rotatable bonds is 5. The topological polar surface area (TPSA) is 63.6 Å². The molecular weight excluding hydrogens is 502 g/mol. The van der Waals surface area contributed by atoms with E-state index in [-0.39, 0.29) is 23.1 Å². The highest BCUT2D eigenvalue weighted by Gasteiger charge is 2.35. The van der Waals surface area contributed by atoms with Gasteiger partial charge in [0.05, 0.1) is 5.75 Å². The van der Waals surface area contributed by atoms with E-state index in [1.165, 1.54) is 11.8 Å². The van der Waals surface area contributed by atoms with Crippen LogP contribution in [0.5, 0.6) is 11.5 Å². The maximum absolute atomic E-state index is 12.5. The van der Waals surface area contributed by atoms with E-state index in [1.807, 2.05) is 16.7 Å². The molecule has 1 saturated heterocycles. The molecule has 2 aliphatic rings. The lowest BCUT2D eigenvalue weighted by atomic mass is 9.83. The molecule has 0 spiro atoms. The Morgan fingerprint density at radius 2 is 1.74 bits per heavy atom. The van der Waals surface area contributed by atoms with Crippen molar-refractivity contribution in [1.82, 2.24) is 9.47 Å². The number of pyridine rings is 1. The number of piperidine rings is 1. The Kier molecular flexibility index (Phi) is 7.13. The summed E-state index contributed by atoms with van der Waals surface area (Å²) >= 11 is 12.9. The molecule has 3 heterocycles. The zero-order valence-corrected chi connectivity index (χ0v) is 21.2. The molecule has 1 amide bonds. The highest BCUT2D eigenvalue weighted by Crippen LogP contribution is 2.36. The van der Waals surface area contributed by atoms with Gasteiger partial charge in [0.1, 0.15) is 15.8 Å². The van der Waals surface area contributed by atoms with Crippen LogP contribution in [-0.4, -0.2) is 38.5 Å². The Morgan fingerprint density at radius 3 is 2.49 bits per heavy atom. The molecule has 2 atom stereocenters. The van der Waals surface area contributed by atoms with Crippen molar-refractivity contribution in [2.75, 3.05) is 24.2 Å². The molecule has 2 aromatic carbocycles. The number of hydrogen-bond donors (Lipinski definition) is 1. The van der Waals surface area contributed by atoms with Crippen LogP contribution >= 0.6 is 35.6 Å². The molecule has 3 aromatic rings. The smallest absolute Gasteiger partial charge is 0.250 e. The SMILES string of the molecule is O=C(CSC(=S)N1C[C@H]2C[C@H](C1)c1cccc(=O)n1C2)Nc1ccc(Oc2ccc(Cl)cc2)cc1. The molecule has 0 unspecified atom stereocenters. The minimum atomic E-state index is -0.113. The second kappa shape index (κ2) is 10.4. The number of likely N-dealkylation sites (tertiary alicyclic amines) is 1. The van der Waals surface area contributed by atoms with Crippen LogP contribution in [0.1, 0.15) is 18.0 Å². The third kappa shape index (κ3) is 5.72. The molecule has 2 aliphatic heterocycles. The van der Waals surface area contributed by atoms with Crippen LogP contribution in [0.15, 0.2) is 71.5 Å². The van der Waals surface area contributed by atoms with Gasteiger partial charge in [-0.1, -0.05) is 41.6 Å². The predicted octanol–water partition coefficient (Wildman–Crippen LogP) is 5.37. The summed E-state index contributed by atoms with van der Waals surface area (Å²) in [4.78, 5) is 26.9. The molecule has 1 aromatic heterocycles. The van der Waals surface area contributed by atoms with Crippen molar-refractivity contribution in [3.05, 3.63) is 87.8 Å². The number of fused-ring (bicyclic) bond motifs is 4. The van der Waals surface area contributed by atoms with Gasteiger partial charge in [0, 0.05) is 48.0 Å². The number of thioether (sulfide) groups is 1. The molecular formula is C26H24ClN3O3S2. The van der Waals surface area contributed by atoms with Crippen molar-refractivity contribution < 1.29 is 9.53 Å². The Bertz CT molecular complexity index is 1290. The van der Waals surface area contributed by atoms with E-state index in [4.69, 9.17) is 28.6 Å². The van der Waals surface area contributed by atoms with E-state index in [0.29, 0.717) is 28.1 Å². The maximum Gasteiger partial charge on any atom is 0.250 e. The van der Waals surface area contributed by atoms with Crippen molar-refractivity contribution in [2.24, 2.45) is 5.92 Å². The van der Waals surface area contributed by atoms with E-state index in [1.54, 1.807) is 54.6 Å². The number of anilines is 1. The number of ether oxygens (including phenoxy) is 1. The first kappa shape index (κ1) is 23.9. The zero-order valence-electron chi connectivity index (χ0n) is 18.9. The molecule has 1 N–H and O–H groups in total. The number of thiocarbonyl (C=S) groups is 1. The average Bonchev–Trinajstić information content (AvgIpc) is 2.86. The molecule has 2 bridgehead atoms. The largest absolute Gasteiger partial charge is 0.457 e. The Balaban J connectivity index is 1.11. The first-order chi connectivity index (χ1) is 16.9. The van der Waals surface area contributed by atoms with Crippen LogP contribution in [0, 0.1) is 5.92 Å². The van der Waals surface area contributed by atoms with Crippen molar-refractivity contribution >= 4 is 51.5 Å². The fourth-order valence-electron chi connectivity index (χ4n) is 4.71. The molecule has 6 nitrogen and oxygen atoms in total. The van der Waals surface area contributed by atoms with Crippen LogP contribution < -0.4 is 15.6 Å². The summed E-state index contributed by atoms with van der Waals surface area (Å²) < 4.78 is 8.42. The van der Waals surface area contributed by atoms with E-state index in [2.05, 4.69) is 10.2 Å². The zero-order chi connectivity index (χ0) is 24.4. The number of nitrogens with one attached hydrogen (secondary N) is 1. The monoisotopic (exact) mass is 525 g/mol. The molecule has 5 rings (SSSR count). The van der Waals surface area contributed by atoms with E-state index in [0.717, 1.165) is 36.1 Å². The normalized spacial score (nSPS) is 18.5. The molecule has 180 valence electrons. The highest BCUT2D eigenvalue weighted by molar-refractivity contribution is 8.23. The fourth-order valence-corrected chi connectivity index (χ4v) is 5.82. The van der Waals surface area contributed by atoms with E-state index in [9.17, 15) is 9.59 Å². The number of carbonyl (C=O) groups excluding carboxylic acids is 1.